The van der Waals surface area contributed by atoms with Crippen LogP contribution >= 0.6 is 23.1 Å². The van der Waals surface area contributed by atoms with Crippen LogP contribution in [0.4, 0.5) is 10.8 Å². The summed E-state index contributed by atoms with van der Waals surface area (Å²) < 4.78 is 1.05. The highest BCUT2D eigenvalue weighted by molar-refractivity contribution is 8.00. The highest BCUT2D eigenvalue weighted by Crippen LogP contribution is 2.29. The molecule has 3 rings (SSSR count). The number of nitrogens with zero attached hydrogens (tertiary/aromatic N) is 1. The molecule has 140 valence electrons. The number of para-hydroxylation sites is 1. The van der Waals surface area contributed by atoms with E-state index in [9.17, 15) is 9.59 Å². The molecule has 2 amide bonds. The van der Waals surface area contributed by atoms with Crippen LogP contribution in [0.25, 0.3) is 10.2 Å². The molecule has 1 heterocycles. The van der Waals surface area contributed by atoms with Gasteiger partial charge in [-0.2, -0.15) is 0 Å². The van der Waals surface area contributed by atoms with E-state index in [-0.39, 0.29) is 17.1 Å². The molecule has 0 aliphatic heterocycles. The van der Waals surface area contributed by atoms with E-state index in [2.05, 4.69) is 15.6 Å². The van der Waals surface area contributed by atoms with Gasteiger partial charge in [-0.05, 0) is 43.7 Å². The summed E-state index contributed by atoms with van der Waals surface area (Å²) in [5.74, 6) is -0.0965. The third-order valence-corrected chi connectivity index (χ3v) is 5.85. The average Bonchev–Trinajstić information content (AvgIpc) is 3.04. The van der Waals surface area contributed by atoms with Crippen LogP contribution in [0, 0.1) is 0 Å². The fourth-order valence-corrected chi connectivity index (χ4v) is 4.28. The van der Waals surface area contributed by atoms with E-state index in [0.717, 1.165) is 27.2 Å². The van der Waals surface area contributed by atoms with Crippen molar-refractivity contribution in [2.45, 2.75) is 36.8 Å². The quantitative estimate of drug-likeness (QED) is 0.539. The highest BCUT2D eigenvalue weighted by atomic mass is 32.2. The fraction of sp³-hybridized carbons (Fsp3) is 0.250. The summed E-state index contributed by atoms with van der Waals surface area (Å²) in [6.07, 6.45) is 1.31. The number of hydrogen-bond acceptors (Lipinski definition) is 5. The number of thiazole rings is 1. The monoisotopic (exact) mass is 399 g/mol. The number of carbonyl (C=O) groups is 2. The average molecular weight is 400 g/mol. The minimum atomic E-state index is -0.293. The van der Waals surface area contributed by atoms with E-state index in [1.54, 1.807) is 0 Å². The second-order valence-electron chi connectivity index (χ2n) is 6.06. The van der Waals surface area contributed by atoms with Crippen LogP contribution in [0.3, 0.4) is 0 Å². The Morgan fingerprint density at radius 3 is 2.74 bits per heavy atom. The zero-order valence-corrected chi connectivity index (χ0v) is 16.8. The number of amides is 2. The molecule has 3 aromatic rings. The molecule has 7 heteroatoms. The summed E-state index contributed by atoms with van der Waals surface area (Å²) in [4.78, 5) is 29.6. The number of nitrogens with one attached hydrogen (secondary N) is 2. The Labute approximate surface area is 166 Å². The molecule has 0 spiro atoms. The van der Waals surface area contributed by atoms with Crippen LogP contribution in [0.1, 0.15) is 26.7 Å². The van der Waals surface area contributed by atoms with Gasteiger partial charge in [-0.3, -0.25) is 9.59 Å². The van der Waals surface area contributed by atoms with Gasteiger partial charge < -0.3 is 10.6 Å². The summed E-state index contributed by atoms with van der Waals surface area (Å²) in [5.41, 5.74) is 1.63. The van der Waals surface area contributed by atoms with E-state index >= 15 is 0 Å². The van der Waals surface area contributed by atoms with Gasteiger partial charge in [0.2, 0.25) is 11.8 Å². The van der Waals surface area contributed by atoms with E-state index in [1.807, 2.05) is 62.4 Å². The fourth-order valence-electron chi connectivity index (χ4n) is 2.49. The number of fused-ring (bicyclic) bond motifs is 1. The third kappa shape index (κ3) is 5.30. The van der Waals surface area contributed by atoms with Crippen molar-refractivity contribution in [2.75, 3.05) is 10.6 Å². The lowest BCUT2D eigenvalue weighted by Crippen LogP contribution is -2.22. The zero-order chi connectivity index (χ0) is 19.2. The number of thioether (sulfide) groups is 1. The molecule has 0 saturated heterocycles. The summed E-state index contributed by atoms with van der Waals surface area (Å²) in [7, 11) is 0. The van der Waals surface area contributed by atoms with Crippen molar-refractivity contribution in [3.8, 4) is 0 Å². The van der Waals surface area contributed by atoms with Crippen LogP contribution in [-0.4, -0.2) is 22.0 Å². The summed E-state index contributed by atoms with van der Waals surface area (Å²) in [5, 5.41) is 6.08. The Balaban J connectivity index is 1.61. The van der Waals surface area contributed by atoms with Crippen LogP contribution in [0.15, 0.2) is 53.4 Å². The lowest BCUT2D eigenvalue weighted by Gasteiger charge is -2.12. The lowest BCUT2D eigenvalue weighted by atomic mass is 10.3. The predicted octanol–water partition coefficient (Wildman–Crippen LogP) is 5.15. The van der Waals surface area contributed by atoms with Gasteiger partial charge in [0, 0.05) is 17.0 Å². The largest absolute Gasteiger partial charge is 0.326 e. The standard InChI is InChI=1S/C20H21N3O2S2/c1-3-7-18(24)21-14-8-6-9-15(12-14)26-13(2)19(25)23-20-22-16-10-4-5-11-17(16)27-20/h4-6,8-13H,3,7H2,1-2H3,(H,21,24)(H,22,23,25). The van der Waals surface area contributed by atoms with Crippen molar-refractivity contribution in [1.29, 1.82) is 0 Å². The molecule has 2 N–H and O–H groups in total. The summed E-state index contributed by atoms with van der Waals surface area (Å²) in [6, 6.07) is 15.3. The number of carbonyl (C=O) groups excluding carboxylic acids is 2. The molecule has 2 aromatic carbocycles. The molecule has 0 aliphatic rings. The molecule has 0 fully saturated rings. The summed E-state index contributed by atoms with van der Waals surface area (Å²) in [6.45, 7) is 3.83. The van der Waals surface area contributed by atoms with Crippen molar-refractivity contribution >= 4 is 55.9 Å². The first-order valence-electron chi connectivity index (χ1n) is 8.78. The second kappa shape index (κ2) is 9.01. The molecule has 0 radical (unpaired) electrons. The molecule has 1 unspecified atom stereocenters. The van der Waals surface area contributed by atoms with Crippen molar-refractivity contribution < 1.29 is 9.59 Å². The van der Waals surface area contributed by atoms with Gasteiger partial charge in [-0.15, -0.1) is 11.8 Å². The predicted molar refractivity (Wildman–Crippen MR) is 114 cm³/mol. The molecule has 1 atom stereocenters. The van der Waals surface area contributed by atoms with Gasteiger partial charge >= 0.3 is 0 Å². The maximum Gasteiger partial charge on any atom is 0.239 e. The topological polar surface area (TPSA) is 71.1 Å². The maximum absolute atomic E-state index is 12.5. The van der Waals surface area contributed by atoms with Gasteiger partial charge in [0.05, 0.1) is 15.5 Å². The van der Waals surface area contributed by atoms with Crippen molar-refractivity contribution in [2.24, 2.45) is 0 Å². The zero-order valence-electron chi connectivity index (χ0n) is 15.2. The lowest BCUT2D eigenvalue weighted by molar-refractivity contribution is -0.116. The van der Waals surface area contributed by atoms with Crippen LogP contribution in [0.5, 0.6) is 0 Å². The van der Waals surface area contributed by atoms with E-state index in [0.29, 0.717) is 11.6 Å². The Morgan fingerprint density at radius 2 is 1.96 bits per heavy atom. The number of hydrogen-bond donors (Lipinski definition) is 2. The number of anilines is 2. The number of aromatic nitrogens is 1. The van der Waals surface area contributed by atoms with Crippen LogP contribution in [0.2, 0.25) is 0 Å². The van der Waals surface area contributed by atoms with Gasteiger partial charge in [-0.25, -0.2) is 4.98 Å². The minimum Gasteiger partial charge on any atom is -0.326 e. The van der Waals surface area contributed by atoms with Crippen molar-refractivity contribution in [1.82, 2.24) is 4.98 Å². The SMILES string of the molecule is CCCC(=O)Nc1cccc(SC(C)C(=O)Nc2nc3ccccc3s2)c1. The van der Waals surface area contributed by atoms with Crippen LogP contribution in [-0.2, 0) is 9.59 Å². The highest BCUT2D eigenvalue weighted by Gasteiger charge is 2.16. The van der Waals surface area contributed by atoms with Gasteiger partial charge in [-0.1, -0.05) is 36.5 Å². The second-order valence-corrected chi connectivity index (χ2v) is 8.51. The third-order valence-electron chi connectivity index (χ3n) is 3.80. The smallest absolute Gasteiger partial charge is 0.239 e. The minimum absolute atomic E-state index is 0.00118. The Kier molecular flexibility index (Phi) is 6.47. The first kappa shape index (κ1) is 19.4. The van der Waals surface area contributed by atoms with Crippen molar-refractivity contribution in [3.63, 3.8) is 0 Å². The molecular formula is C20H21N3O2S2. The Bertz CT molecular complexity index is 922. The van der Waals surface area contributed by atoms with E-state index < -0.39 is 0 Å². The number of rotatable bonds is 7. The first-order valence-corrected chi connectivity index (χ1v) is 10.5. The van der Waals surface area contributed by atoms with Crippen molar-refractivity contribution in [3.05, 3.63) is 48.5 Å². The Morgan fingerprint density at radius 1 is 1.15 bits per heavy atom. The molecule has 0 aliphatic carbocycles. The maximum atomic E-state index is 12.5. The molecule has 0 saturated carbocycles. The van der Waals surface area contributed by atoms with Gasteiger partial charge in [0.15, 0.2) is 5.13 Å². The molecular weight excluding hydrogens is 378 g/mol. The van der Waals surface area contributed by atoms with Gasteiger partial charge in [0.1, 0.15) is 0 Å². The Hall–Kier alpha value is -2.38. The van der Waals surface area contributed by atoms with Crippen LogP contribution < -0.4 is 10.6 Å². The van der Waals surface area contributed by atoms with E-state index in [1.165, 1.54) is 23.1 Å². The van der Waals surface area contributed by atoms with Gasteiger partial charge in [0.25, 0.3) is 0 Å². The molecule has 27 heavy (non-hydrogen) atoms. The summed E-state index contributed by atoms with van der Waals surface area (Å²) >= 11 is 2.91. The first-order chi connectivity index (χ1) is 13.0. The molecule has 0 bridgehead atoms. The number of benzene rings is 2. The molecule has 5 nitrogen and oxygen atoms in total. The molecule has 1 aromatic heterocycles. The normalized spacial score (nSPS) is 11.9. The van der Waals surface area contributed by atoms with E-state index in [4.69, 9.17) is 0 Å².